The summed E-state index contributed by atoms with van der Waals surface area (Å²) >= 11 is 0. The van der Waals surface area contributed by atoms with E-state index < -0.39 is 5.41 Å². The summed E-state index contributed by atoms with van der Waals surface area (Å²) in [5.41, 5.74) is 25.6. The van der Waals surface area contributed by atoms with Crippen LogP contribution in [-0.2, 0) is 5.41 Å². The van der Waals surface area contributed by atoms with Gasteiger partial charge in [0.05, 0.1) is 22.2 Å². The first kappa shape index (κ1) is 48.9. The van der Waals surface area contributed by atoms with Crippen molar-refractivity contribution in [2.75, 3.05) is 16.4 Å². The molecule has 1 aliphatic heterocycles. The van der Waals surface area contributed by atoms with E-state index in [2.05, 4.69) is 295 Å². The molecule has 3 aliphatic rings. The standard InChI is InChI=1S/C80H54N2O2/c1-53-22-5-4-18-49-83-75-39-20-36-72(77(53)75)81(59-45-41-56(42-46-59)54-23-6-2-7-24-54)61-50-58(63-31-19-35-71-78(63)66-29-12-16-34-70(66)80(71)68-32-14-10-27-64(68)65-28-11-15-33-69(65)80)51-62(52-61)82(60-47-43-57(44-48-60)55-25-8-3-9-26-55)73-37-21-40-76-79(73)67-30-13-17-38-74(67)84-76/h2-48,50-52H,1,49H2/b18-4-,22-5-. The van der Waals surface area contributed by atoms with Crippen LogP contribution in [0.25, 0.3) is 83.1 Å². The van der Waals surface area contributed by atoms with Gasteiger partial charge in [-0.25, -0.2) is 0 Å². The number of rotatable bonds is 9. The van der Waals surface area contributed by atoms with E-state index in [0.29, 0.717) is 6.61 Å². The van der Waals surface area contributed by atoms with Crippen molar-refractivity contribution in [2.45, 2.75) is 5.41 Å². The fourth-order valence-corrected chi connectivity index (χ4v) is 13.7. The first-order valence-electron chi connectivity index (χ1n) is 28.8. The molecule has 0 saturated carbocycles. The minimum Gasteiger partial charge on any atom is -0.489 e. The monoisotopic (exact) mass is 1070 g/mol. The van der Waals surface area contributed by atoms with Crippen molar-refractivity contribution < 1.29 is 9.15 Å². The normalized spacial score (nSPS) is 14.1. The lowest BCUT2D eigenvalue weighted by molar-refractivity contribution is 0.362. The van der Waals surface area contributed by atoms with Gasteiger partial charge in [0, 0.05) is 33.7 Å². The van der Waals surface area contributed by atoms with Gasteiger partial charge in [0.25, 0.3) is 0 Å². The molecule has 0 radical (unpaired) electrons. The lowest BCUT2D eigenvalue weighted by Gasteiger charge is -2.32. The third-order valence-electron chi connectivity index (χ3n) is 17.3. The Balaban J connectivity index is 1.01. The molecular weight excluding hydrogens is 1020 g/mol. The molecule has 12 aromatic carbocycles. The summed E-state index contributed by atoms with van der Waals surface area (Å²) in [6.45, 7) is 5.15. The summed E-state index contributed by atoms with van der Waals surface area (Å²) in [6, 6.07) is 102. The second kappa shape index (κ2) is 19.9. The molecule has 1 spiro atoms. The lowest BCUT2D eigenvalue weighted by Crippen LogP contribution is -2.25. The highest BCUT2D eigenvalue weighted by Gasteiger charge is 2.52. The molecule has 396 valence electrons. The van der Waals surface area contributed by atoms with Gasteiger partial charge in [-0.3, -0.25) is 0 Å². The molecule has 0 amide bonds. The van der Waals surface area contributed by atoms with Crippen molar-refractivity contribution >= 4 is 61.6 Å². The Bertz CT molecular complexity index is 4750. The molecule has 13 aromatic rings. The summed E-state index contributed by atoms with van der Waals surface area (Å²) in [7, 11) is 0. The largest absolute Gasteiger partial charge is 0.489 e. The molecule has 0 bridgehead atoms. The summed E-state index contributed by atoms with van der Waals surface area (Å²) < 4.78 is 13.4. The van der Waals surface area contributed by atoms with Crippen molar-refractivity contribution in [3.8, 4) is 61.4 Å². The average molecular weight is 1080 g/mol. The highest BCUT2D eigenvalue weighted by atomic mass is 16.5. The maximum absolute atomic E-state index is 6.71. The summed E-state index contributed by atoms with van der Waals surface area (Å²) in [5, 5.41) is 2.08. The predicted molar refractivity (Wildman–Crippen MR) is 349 cm³/mol. The van der Waals surface area contributed by atoms with Gasteiger partial charge in [-0.2, -0.15) is 0 Å². The zero-order chi connectivity index (χ0) is 55.7. The van der Waals surface area contributed by atoms with Gasteiger partial charge < -0.3 is 19.0 Å². The van der Waals surface area contributed by atoms with Crippen molar-refractivity contribution in [2.24, 2.45) is 0 Å². The van der Waals surface area contributed by atoms with Gasteiger partial charge in [-0.1, -0.05) is 231 Å². The summed E-state index contributed by atoms with van der Waals surface area (Å²) in [5.74, 6) is 0.759. The van der Waals surface area contributed by atoms with E-state index in [9.17, 15) is 0 Å². The van der Waals surface area contributed by atoms with E-state index in [4.69, 9.17) is 15.7 Å². The Morgan fingerprint density at radius 2 is 0.857 bits per heavy atom. The number of hydrogen-bond acceptors (Lipinski definition) is 4. The van der Waals surface area contributed by atoms with Crippen molar-refractivity contribution in [1.82, 2.24) is 0 Å². The maximum atomic E-state index is 6.71. The van der Waals surface area contributed by atoms with Crippen LogP contribution in [0.15, 0.2) is 314 Å². The molecule has 0 atom stereocenters. The van der Waals surface area contributed by atoms with Crippen LogP contribution >= 0.6 is 0 Å². The van der Waals surface area contributed by atoms with E-state index in [1.165, 1.54) is 44.5 Å². The maximum Gasteiger partial charge on any atom is 0.137 e. The third kappa shape index (κ3) is 7.76. The SMILES string of the molecule is C=C1/C=C\C=C/COc2cccc(N(c3ccc(-c4ccccc4)cc3)c3cc(-c4cccc5c4-c4ccccc4C54c5ccccc5-c5ccccc54)cc(N(c4ccc(-c5ccccc5)cc4)c4cccc5oc6ccccc6c45)c3)c21. The second-order valence-electron chi connectivity index (χ2n) is 21.9. The van der Waals surface area contributed by atoms with Crippen LogP contribution in [0.1, 0.15) is 27.8 Å². The van der Waals surface area contributed by atoms with Crippen LogP contribution in [0.3, 0.4) is 0 Å². The quantitative estimate of drug-likeness (QED) is 0.144. The minimum absolute atomic E-state index is 0.419. The van der Waals surface area contributed by atoms with Crippen LogP contribution in [0.2, 0.25) is 0 Å². The number of ether oxygens (including phenoxy) is 1. The van der Waals surface area contributed by atoms with E-state index in [1.807, 2.05) is 18.2 Å². The van der Waals surface area contributed by atoms with E-state index in [0.717, 1.165) is 106 Å². The van der Waals surface area contributed by atoms with Crippen LogP contribution in [0.4, 0.5) is 34.1 Å². The Morgan fingerprint density at radius 3 is 1.52 bits per heavy atom. The zero-order valence-electron chi connectivity index (χ0n) is 46.0. The van der Waals surface area contributed by atoms with E-state index in [-0.39, 0.29) is 0 Å². The van der Waals surface area contributed by atoms with Gasteiger partial charge in [0.2, 0.25) is 0 Å². The fraction of sp³-hybridized carbons (Fsp3) is 0.0250. The van der Waals surface area contributed by atoms with Gasteiger partial charge in [-0.15, -0.1) is 0 Å². The molecule has 4 heteroatoms. The van der Waals surface area contributed by atoms with Gasteiger partial charge >= 0.3 is 0 Å². The van der Waals surface area contributed by atoms with Crippen LogP contribution in [0, 0.1) is 0 Å². The number of nitrogens with zero attached hydrogens (tertiary/aromatic N) is 2. The van der Waals surface area contributed by atoms with Crippen LogP contribution in [-0.4, -0.2) is 6.61 Å². The highest BCUT2D eigenvalue weighted by Crippen LogP contribution is 2.64. The molecule has 16 rings (SSSR count). The van der Waals surface area contributed by atoms with Gasteiger partial charge in [-0.05, 0) is 162 Å². The zero-order valence-corrected chi connectivity index (χ0v) is 46.0. The number of fused-ring (bicyclic) bond motifs is 14. The molecule has 1 aromatic heterocycles. The first-order valence-corrected chi connectivity index (χ1v) is 28.8. The summed E-state index contributed by atoms with van der Waals surface area (Å²) in [6.07, 6.45) is 8.21. The Kier molecular flexibility index (Phi) is 11.6. The molecule has 0 N–H and O–H groups in total. The van der Waals surface area contributed by atoms with Gasteiger partial charge in [0.15, 0.2) is 0 Å². The number of para-hydroxylation sites is 1. The Hall–Kier alpha value is -10.9. The van der Waals surface area contributed by atoms with Crippen LogP contribution in [0.5, 0.6) is 5.75 Å². The smallest absolute Gasteiger partial charge is 0.137 e. The van der Waals surface area contributed by atoms with Crippen molar-refractivity contribution in [3.63, 3.8) is 0 Å². The number of benzene rings is 12. The van der Waals surface area contributed by atoms with E-state index >= 15 is 0 Å². The lowest BCUT2D eigenvalue weighted by atomic mass is 9.70. The third-order valence-corrected chi connectivity index (χ3v) is 17.3. The molecule has 0 fully saturated rings. The molecule has 2 aliphatic carbocycles. The molecule has 0 saturated heterocycles. The average Bonchev–Trinajstić information content (AvgIpc) is 1.58. The predicted octanol–water partition coefficient (Wildman–Crippen LogP) is 21.4. The Morgan fingerprint density at radius 1 is 0.357 bits per heavy atom. The summed E-state index contributed by atoms with van der Waals surface area (Å²) in [4.78, 5) is 4.84. The highest BCUT2D eigenvalue weighted by molar-refractivity contribution is 6.14. The molecule has 2 heterocycles. The van der Waals surface area contributed by atoms with Crippen LogP contribution < -0.4 is 14.5 Å². The van der Waals surface area contributed by atoms with Gasteiger partial charge in [0.1, 0.15) is 23.5 Å². The first-order chi connectivity index (χ1) is 41.6. The Labute approximate surface area is 489 Å². The molecule has 4 nitrogen and oxygen atoms in total. The minimum atomic E-state index is -0.533. The number of hydrogen-bond donors (Lipinski definition) is 0. The molecule has 84 heavy (non-hydrogen) atoms. The number of furan rings is 1. The number of anilines is 6. The van der Waals surface area contributed by atoms with E-state index in [1.54, 1.807) is 0 Å². The second-order valence-corrected chi connectivity index (χ2v) is 21.9. The van der Waals surface area contributed by atoms with Crippen molar-refractivity contribution in [1.29, 1.82) is 0 Å². The topological polar surface area (TPSA) is 28.9 Å². The fourth-order valence-electron chi connectivity index (χ4n) is 13.7. The number of allylic oxidation sites excluding steroid dienone is 4. The molecule has 0 unspecified atom stereocenters. The molecular formula is C80H54N2O2. The van der Waals surface area contributed by atoms with Crippen molar-refractivity contribution in [3.05, 3.63) is 338 Å².